The van der Waals surface area contributed by atoms with E-state index in [9.17, 15) is 10.1 Å². The zero-order valence-electron chi connectivity index (χ0n) is 14.7. The average Bonchev–Trinajstić information content (AvgIpc) is 3.02. The molecule has 1 aliphatic heterocycles. The van der Waals surface area contributed by atoms with Gasteiger partial charge in [-0.3, -0.25) is 4.79 Å². The number of halogens is 1. The fourth-order valence-electron chi connectivity index (χ4n) is 2.44. The molecule has 6 nitrogen and oxygen atoms in total. The van der Waals surface area contributed by atoms with Crippen molar-refractivity contribution in [2.24, 2.45) is 5.10 Å². The van der Waals surface area contributed by atoms with Crippen molar-refractivity contribution in [2.45, 2.75) is 6.61 Å². The minimum atomic E-state index is -0.166. The Labute approximate surface area is 176 Å². The number of amides is 1. The predicted molar refractivity (Wildman–Crippen MR) is 113 cm³/mol. The van der Waals surface area contributed by atoms with Crippen LogP contribution in [-0.2, 0) is 11.4 Å². The van der Waals surface area contributed by atoms with E-state index < -0.39 is 0 Å². The SMILES string of the molecule is COc1cc(C=NN2C(=O)CSC2=S)cc(Cl)c1OCc1ccccc1C#N. The molecule has 0 bridgehead atoms. The maximum atomic E-state index is 11.7. The van der Waals surface area contributed by atoms with Crippen molar-refractivity contribution < 1.29 is 14.3 Å². The van der Waals surface area contributed by atoms with Gasteiger partial charge in [0, 0.05) is 5.56 Å². The number of ether oxygens (including phenoxy) is 2. The summed E-state index contributed by atoms with van der Waals surface area (Å²) in [6.07, 6.45) is 1.49. The molecule has 1 saturated heterocycles. The zero-order valence-corrected chi connectivity index (χ0v) is 17.1. The molecule has 1 heterocycles. The van der Waals surface area contributed by atoms with Gasteiger partial charge in [-0.2, -0.15) is 15.4 Å². The molecule has 2 aromatic carbocycles. The predicted octanol–water partition coefficient (Wildman–Crippen LogP) is 3.99. The Kier molecular flexibility index (Phi) is 6.52. The third kappa shape index (κ3) is 4.44. The number of nitrogens with zero attached hydrogens (tertiary/aromatic N) is 3. The molecule has 0 atom stereocenters. The summed E-state index contributed by atoms with van der Waals surface area (Å²) in [6.45, 7) is 0.168. The van der Waals surface area contributed by atoms with E-state index in [4.69, 9.17) is 33.3 Å². The minimum Gasteiger partial charge on any atom is -0.493 e. The van der Waals surface area contributed by atoms with Crippen LogP contribution < -0.4 is 9.47 Å². The Bertz CT molecular complexity index is 988. The molecule has 0 aliphatic carbocycles. The number of nitriles is 1. The third-order valence-electron chi connectivity index (χ3n) is 3.81. The summed E-state index contributed by atoms with van der Waals surface area (Å²) in [6, 6.07) is 12.6. The number of hydrogen-bond acceptors (Lipinski definition) is 7. The van der Waals surface area contributed by atoms with Crippen LogP contribution >= 0.6 is 35.6 Å². The van der Waals surface area contributed by atoms with Crippen molar-refractivity contribution >= 4 is 52.0 Å². The number of carbonyl (C=O) groups excluding carboxylic acids is 1. The molecule has 0 aromatic heterocycles. The Morgan fingerprint density at radius 1 is 1.43 bits per heavy atom. The largest absolute Gasteiger partial charge is 0.493 e. The normalized spacial score (nSPS) is 13.8. The Morgan fingerprint density at radius 3 is 2.89 bits per heavy atom. The molecule has 28 heavy (non-hydrogen) atoms. The second-order valence-corrected chi connectivity index (χ2v) is 7.61. The highest BCUT2D eigenvalue weighted by Gasteiger charge is 2.26. The monoisotopic (exact) mass is 431 g/mol. The van der Waals surface area contributed by atoms with E-state index in [-0.39, 0.29) is 18.3 Å². The molecular weight excluding hydrogens is 418 g/mol. The number of thiocarbonyl (C=S) groups is 1. The Morgan fingerprint density at radius 2 is 2.21 bits per heavy atom. The standard InChI is InChI=1S/C19H14ClN3O3S2/c1-25-16-7-12(9-22-23-17(24)11-28-19(23)27)6-15(20)18(16)26-10-14-5-3-2-4-13(14)8-21/h2-7,9H,10-11H2,1H3. The number of hydrazone groups is 1. The zero-order chi connectivity index (χ0) is 20.1. The maximum absolute atomic E-state index is 11.7. The molecule has 2 aromatic rings. The first-order valence-electron chi connectivity index (χ1n) is 8.05. The van der Waals surface area contributed by atoms with Crippen molar-refractivity contribution in [1.82, 2.24) is 5.01 Å². The van der Waals surface area contributed by atoms with E-state index in [1.807, 2.05) is 12.1 Å². The van der Waals surface area contributed by atoms with Crippen molar-refractivity contribution in [3.8, 4) is 17.6 Å². The quantitative estimate of drug-likeness (QED) is 0.508. The van der Waals surface area contributed by atoms with Gasteiger partial charge in [0.25, 0.3) is 5.91 Å². The van der Waals surface area contributed by atoms with Gasteiger partial charge in [0.05, 0.1) is 35.7 Å². The molecule has 0 unspecified atom stereocenters. The number of hydrogen-bond donors (Lipinski definition) is 0. The summed E-state index contributed by atoms with van der Waals surface area (Å²) in [4.78, 5) is 11.7. The van der Waals surface area contributed by atoms with E-state index >= 15 is 0 Å². The topological polar surface area (TPSA) is 74.9 Å². The highest BCUT2D eigenvalue weighted by molar-refractivity contribution is 8.23. The molecule has 1 amide bonds. The number of thioether (sulfide) groups is 1. The van der Waals surface area contributed by atoms with Crippen LogP contribution in [0.3, 0.4) is 0 Å². The first-order valence-corrected chi connectivity index (χ1v) is 9.82. The lowest BCUT2D eigenvalue weighted by Gasteiger charge is -2.14. The summed E-state index contributed by atoms with van der Waals surface area (Å²) in [7, 11) is 1.50. The molecule has 3 rings (SSSR count). The first kappa shape index (κ1) is 20.1. The molecule has 0 spiro atoms. The fraction of sp³-hybridized carbons (Fsp3) is 0.158. The van der Waals surface area contributed by atoms with Crippen LogP contribution in [0.15, 0.2) is 41.5 Å². The van der Waals surface area contributed by atoms with Gasteiger partial charge < -0.3 is 9.47 Å². The van der Waals surface area contributed by atoms with Gasteiger partial charge in [-0.25, -0.2) is 0 Å². The van der Waals surface area contributed by atoms with Gasteiger partial charge in [-0.1, -0.05) is 53.8 Å². The third-order valence-corrected chi connectivity index (χ3v) is 5.43. The van der Waals surface area contributed by atoms with E-state index in [2.05, 4.69) is 11.2 Å². The summed E-state index contributed by atoms with van der Waals surface area (Å²) in [5.74, 6) is 0.892. The van der Waals surface area contributed by atoms with Crippen molar-refractivity contribution in [3.05, 3.63) is 58.1 Å². The van der Waals surface area contributed by atoms with Crippen LogP contribution in [0.4, 0.5) is 0 Å². The smallest absolute Gasteiger partial charge is 0.259 e. The summed E-state index contributed by atoms with van der Waals surface area (Å²) in [5.41, 5.74) is 1.90. The molecule has 9 heteroatoms. The van der Waals surface area contributed by atoms with Crippen LogP contribution in [0, 0.1) is 11.3 Å². The van der Waals surface area contributed by atoms with E-state index in [0.717, 1.165) is 5.56 Å². The number of rotatable bonds is 6. The molecule has 0 saturated carbocycles. The van der Waals surface area contributed by atoms with Gasteiger partial charge in [0.2, 0.25) is 0 Å². The maximum Gasteiger partial charge on any atom is 0.259 e. The van der Waals surface area contributed by atoms with Crippen molar-refractivity contribution in [3.63, 3.8) is 0 Å². The van der Waals surface area contributed by atoms with Gasteiger partial charge in [-0.15, -0.1) is 0 Å². The van der Waals surface area contributed by atoms with Crippen LogP contribution in [0.1, 0.15) is 16.7 Å². The van der Waals surface area contributed by atoms with Crippen LogP contribution in [-0.4, -0.2) is 34.3 Å². The molecule has 1 aliphatic rings. The number of methoxy groups -OCH3 is 1. The lowest BCUT2D eigenvalue weighted by molar-refractivity contribution is -0.123. The molecule has 0 radical (unpaired) electrons. The summed E-state index contributed by atoms with van der Waals surface area (Å²) < 4.78 is 11.6. The molecular formula is C19H14ClN3O3S2. The average molecular weight is 432 g/mol. The highest BCUT2D eigenvalue weighted by Crippen LogP contribution is 2.36. The van der Waals surface area contributed by atoms with E-state index in [1.165, 1.54) is 30.1 Å². The molecule has 1 fully saturated rings. The van der Waals surface area contributed by atoms with Gasteiger partial charge >= 0.3 is 0 Å². The lowest BCUT2D eigenvalue weighted by Crippen LogP contribution is -2.22. The van der Waals surface area contributed by atoms with Gasteiger partial charge in [0.1, 0.15) is 6.61 Å². The van der Waals surface area contributed by atoms with Crippen LogP contribution in [0.2, 0.25) is 5.02 Å². The number of benzene rings is 2. The Hall–Kier alpha value is -2.60. The van der Waals surface area contributed by atoms with Gasteiger partial charge in [0.15, 0.2) is 15.8 Å². The fourth-order valence-corrected chi connectivity index (χ4v) is 3.68. The van der Waals surface area contributed by atoms with E-state index in [1.54, 1.807) is 24.3 Å². The summed E-state index contributed by atoms with van der Waals surface area (Å²) in [5, 5.41) is 14.8. The molecule has 142 valence electrons. The minimum absolute atomic E-state index is 0.166. The second-order valence-electron chi connectivity index (χ2n) is 5.60. The van der Waals surface area contributed by atoms with E-state index in [0.29, 0.717) is 32.0 Å². The summed E-state index contributed by atoms with van der Waals surface area (Å²) >= 11 is 12.7. The van der Waals surface area contributed by atoms with Crippen molar-refractivity contribution in [2.75, 3.05) is 12.9 Å². The van der Waals surface area contributed by atoms with Gasteiger partial charge in [-0.05, 0) is 23.8 Å². The second kappa shape index (κ2) is 9.06. The number of carbonyl (C=O) groups is 1. The first-order chi connectivity index (χ1) is 13.5. The lowest BCUT2D eigenvalue weighted by atomic mass is 10.1. The van der Waals surface area contributed by atoms with Crippen molar-refractivity contribution in [1.29, 1.82) is 5.26 Å². The highest BCUT2D eigenvalue weighted by atomic mass is 35.5. The Balaban J connectivity index is 1.81. The molecule has 0 N–H and O–H groups in total. The van der Waals surface area contributed by atoms with Crippen LogP contribution in [0.25, 0.3) is 0 Å². The van der Waals surface area contributed by atoms with Crippen LogP contribution in [0.5, 0.6) is 11.5 Å².